The summed E-state index contributed by atoms with van der Waals surface area (Å²) in [6.07, 6.45) is 0. The molecule has 0 amide bonds. The second-order valence-electron chi connectivity index (χ2n) is 3.89. The maximum absolute atomic E-state index is 10.9. The van der Waals surface area contributed by atoms with Crippen molar-refractivity contribution in [2.75, 3.05) is 0 Å². The molecule has 0 radical (unpaired) electrons. The van der Waals surface area contributed by atoms with Gasteiger partial charge >= 0.3 is 5.69 Å². The van der Waals surface area contributed by atoms with Crippen LogP contribution in [0.4, 0.5) is 5.69 Å². The SMILES string of the molecule is O=[N+]([O-])c1ccc(Cl)cc1Oc1ccc(CO)cc1Cl. The molecule has 0 aliphatic heterocycles. The average Bonchev–Trinajstić information content (AvgIpc) is 2.40. The number of nitro groups is 1. The summed E-state index contributed by atoms with van der Waals surface area (Å²) in [5, 5.41) is 20.5. The van der Waals surface area contributed by atoms with E-state index in [2.05, 4.69) is 0 Å². The zero-order valence-corrected chi connectivity index (χ0v) is 11.6. The largest absolute Gasteiger partial charge is 0.449 e. The molecule has 0 saturated heterocycles. The molecule has 1 N–H and O–H groups in total. The van der Waals surface area contributed by atoms with Gasteiger partial charge in [-0.3, -0.25) is 10.1 Å². The van der Waals surface area contributed by atoms with E-state index in [0.29, 0.717) is 10.6 Å². The molecule has 2 aromatic carbocycles. The third-order valence-electron chi connectivity index (χ3n) is 2.52. The van der Waals surface area contributed by atoms with Crippen molar-refractivity contribution in [3.63, 3.8) is 0 Å². The maximum atomic E-state index is 10.9. The van der Waals surface area contributed by atoms with E-state index in [1.54, 1.807) is 6.07 Å². The van der Waals surface area contributed by atoms with Crippen LogP contribution in [-0.2, 0) is 6.61 Å². The van der Waals surface area contributed by atoms with Crippen molar-refractivity contribution in [3.05, 3.63) is 62.1 Å². The van der Waals surface area contributed by atoms with E-state index in [1.807, 2.05) is 0 Å². The molecule has 0 aromatic heterocycles. The molecule has 0 heterocycles. The lowest BCUT2D eigenvalue weighted by Crippen LogP contribution is -1.94. The van der Waals surface area contributed by atoms with Gasteiger partial charge in [0.25, 0.3) is 0 Å². The van der Waals surface area contributed by atoms with Crippen LogP contribution < -0.4 is 4.74 Å². The number of benzene rings is 2. The first-order valence-electron chi connectivity index (χ1n) is 5.52. The molecule has 2 aromatic rings. The Morgan fingerprint density at radius 2 is 1.90 bits per heavy atom. The van der Waals surface area contributed by atoms with Crippen LogP contribution in [0.25, 0.3) is 0 Å². The van der Waals surface area contributed by atoms with Crippen LogP contribution in [0.2, 0.25) is 10.0 Å². The third kappa shape index (κ3) is 3.19. The van der Waals surface area contributed by atoms with Crippen LogP contribution in [0.3, 0.4) is 0 Å². The molecule has 0 unspecified atom stereocenters. The topological polar surface area (TPSA) is 72.6 Å². The van der Waals surface area contributed by atoms with Gasteiger partial charge in [-0.05, 0) is 23.8 Å². The summed E-state index contributed by atoms with van der Waals surface area (Å²) in [5.41, 5.74) is 0.402. The molecule has 0 aliphatic rings. The first kappa shape index (κ1) is 14.6. The van der Waals surface area contributed by atoms with Crippen LogP contribution in [0.5, 0.6) is 11.5 Å². The van der Waals surface area contributed by atoms with Gasteiger partial charge in [-0.25, -0.2) is 0 Å². The summed E-state index contributed by atoms with van der Waals surface area (Å²) in [6.45, 7) is -0.155. The Labute approximate surface area is 124 Å². The highest BCUT2D eigenvalue weighted by Crippen LogP contribution is 2.36. The van der Waals surface area contributed by atoms with Crippen molar-refractivity contribution in [3.8, 4) is 11.5 Å². The molecule has 0 spiro atoms. The van der Waals surface area contributed by atoms with Crippen LogP contribution in [-0.4, -0.2) is 10.0 Å². The first-order chi connectivity index (χ1) is 9.51. The van der Waals surface area contributed by atoms with Gasteiger partial charge < -0.3 is 9.84 Å². The van der Waals surface area contributed by atoms with Gasteiger partial charge in [-0.2, -0.15) is 0 Å². The van der Waals surface area contributed by atoms with Crippen LogP contribution in [0.15, 0.2) is 36.4 Å². The molecule has 0 saturated carbocycles. The zero-order chi connectivity index (χ0) is 14.7. The van der Waals surface area contributed by atoms with Gasteiger partial charge in [0.2, 0.25) is 5.75 Å². The monoisotopic (exact) mass is 313 g/mol. The molecule has 5 nitrogen and oxygen atoms in total. The molecular formula is C13H9Cl2NO4. The van der Waals surface area contributed by atoms with Crippen molar-refractivity contribution in [1.29, 1.82) is 0 Å². The van der Waals surface area contributed by atoms with Gasteiger partial charge in [0.15, 0.2) is 0 Å². The second-order valence-corrected chi connectivity index (χ2v) is 4.74. The van der Waals surface area contributed by atoms with E-state index in [1.165, 1.54) is 30.3 Å². The fourth-order valence-electron chi connectivity index (χ4n) is 1.56. The van der Waals surface area contributed by atoms with Crippen LogP contribution in [0.1, 0.15) is 5.56 Å². The molecular weight excluding hydrogens is 305 g/mol. The maximum Gasteiger partial charge on any atom is 0.311 e. The molecule has 20 heavy (non-hydrogen) atoms. The fraction of sp³-hybridized carbons (Fsp3) is 0.0769. The Bertz CT molecular complexity index is 661. The Hall–Kier alpha value is -1.82. The van der Waals surface area contributed by atoms with Gasteiger partial charge in [-0.15, -0.1) is 0 Å². The molecule has 7 heteroatoms. The third-order valence-corrected chi connectivity index (χ3v) is 3.05. The predicted molar refractivity (Wildman–Crippen MR) is 75.6 cm³/mol. The number of hydrogen-bond donors (Lipinski definition) is 1. The first-order valence-corrected chi connectivity index (χ1v) is 6.28. The highest BCUT2D eigenvalue weighted by atomic mass is 35.5. The van der Waals surface area contributed by atoms with Crippen LogP contribution in [0, 0.1) is 10.1 Å². The predicted octanol–water partition coefficient (Wildman–Crippen LogP) is 4.19. The van der Waals surface area contributed by atoms with E-state index < -0.39 is 4.92 Å². The number of halogens is 2. The lowest BCUT2D eigenvalue weighted by atomic mass is 10.2. The summed E-state index contributed by atoms with van der Waals surface area (Å²) < 4.78 is 5.44. The summed E-state index contributed by atoms with van der Waals surface area (Å²) in [7, 11) is 0. The lowest BCUT2D eigenvalue weighted by molar-refractivity contribution is -0.385. The van der Waals surface area contributed by atoms with Crippen molar-refractivity contribution in [2.24, 2.45) is 0 Å². The second kappa shape index (κ2) is 6.09. The minimum Gasteiger partial charge on any atom is -0.449 e. The smallest absolute Gasteiger partial charge is 0.311 e. The Morgan fingerprint density at radius 1 is 1.15 bits per heavy atom. The van der Waals surface area contributed by atoms with Crippen molar-refractivity contribution in [2.45, 2.75) is 6.61 Å². The summed E-state index contributed by atoms with van der Waals surface area (Å²) in [6, 6.07) is 8.66. The van der Waals surface area contributed by atoms with E-state index in [-0.39, 0.29) is 28.8 Å². The fourth-order valence-corrected chi connectivity index (χ4v) is 1.97. The number of nitrogens with zero attached hydrogens (tertiary/aromatic N) is 1. The highest BCUT2D eigenvalue weighted by Gasteiger charge is 2.17. The molecule has 2 rings (SSSR count). The number of rotatable bonds is 4. The van der Waals surface area contributed by atoms with Gasteiger partial charge in [0, 0.05) is 17.2 Å². The van der Waals surface area contributed by atoms with Gasteiger partial charge in [0.05, 0.1) is 16.6 Å². The molecule has 104 valence electrons. The van der Waals surface area contributed by atoms with E-state index in [4.69, 9.17) is 33.0 Å². The van der Waals surface area contributed by atoms with E-state index in [0.717, 1.165) is 0 Å². The molecule has 0 bridgehead atoms. The van der Waals surface area contributed by atoms with Crippen molar-refractivity contribution < 1.29 is 14.8 Å². The average molecular weight is 314 g/mol. The summed E-state index contributed by atoms with van der Waals surface area (Å²) >= 11 is 11.8. The number of hydrogen-bond acceptors (Lipinski definition) is 4. The summed E-state index contributed by atoms with van der Waals surface area (Å²) in [5.74, 6) is 0.246. The number of nitro benzene ring substituents is 1. The summed E-state index contributed by atoms with van der Waals surface area (Å²) in [4.78, 5) is 10.4. The minimum atomic E-state index is -0.568. The number of aliphatic hydroxyl groups is 1. The Balaban J connectivity index is 2.39. The zero-order valence-electron chi connectivity index (χ0n) is 10.0. The van der Waals surface area contributed by atoms with Crippen molar-refractivity contribution >= 4 is 28.9 Å². The van der Waals surface area contributed by atoms with Gasteiger partial charge in [0.1, 0.15) is 5.75 Å². The van der Waals surface area contributed by atoms with Crippen molar-refractivity contribution in [1.82, 2.24) is 0 Å². The van der Waals surface area contributed by atoms with Crippen LogP contribution >= 0.6 is 23.2 Å². The van der Waals surface area contributed by atoms with E-state index >= 15 is 0 Å². The standard InChI is InChI=1S/C13H9Cl2NO4/c14-9-2-3-11(16(18)19)13(6-9)20-12-4-1-8(7-17)5-10(12)15/h1-6,17H,7H2. The Kier molecular flexibility index (Phi) is 4.44. The number of ether oxygens (including phenoxy) is 1. The minimum absolute atomic E-state index is 0.00106. The number of aliphatic hydroxyl groups excluding tert-OH is 1. The lowest BCUT2D eigenvalue weighted by Gasteiger charge is -2.09. The molecule has 0 fully saturated rings. The molecule has 0 aliphatic carbocycles. The van der Waals surface area contributed by atoms with Gasteiger partial charge in [-0.1, -0.05) is 29.3 Å². The highest BCUT2D eigenvalue weighted by molar-refractivity contribution is 6.32. The van der Waals surface area contributed by atoms with E-state index in [9.17, 15) is 10.1 Å². The quantitative estimate of drug-likeness (QED) is 0.678. The Morgan fingerprint density at radius 3 is 2.50 bits per heavy atom. The normalized spacial score (nSPS) is 10.3. The molecule has 0 atom stereocenters.